The molecule has 12 nitrogen and oxygen atoms in total. The van der Waals surface area contributed by atoms with E-state index >= 15 is 0 Å². The smallest absolute Gasteiger partial charge is 0.330 e. The molecule has 0 aromatic carbocycles. The van der Waals surface area contributed by atoms with Crippen molar-refractivity contribution < 1.29 is 33.8 Å². The molecule has 0 aliphatic carbocycles. The molecule has 1 rings (SSSR count). The van der Waals surface area contributed by atoms with E-state index in [9.17, 15) is 29.1 Å². The normalized spacial score (nSPS) is 18.6. The summed E-state index contributed by atoms with van der Waals surface area (Å²) in [7, 11) is 0. The molecule has 204 valence electrons. The maximum absolute atomic E-state index is 13.2. The number of nitrogens with one attached hydrogen (secondary N) is 5. The van der Waals surface area contributed by atoms with E-state index in [-0.39, 0.29) is 37.2 Å². The van der Waals surface area contributed by atoms with Crippen LogP contribution in [-0.4, -0.2) is 78.8 Å². The van der Waals surface area contributed by atoms with Gasteiger partial charge in [-0.1, -0.05) is 19.9 Å². The Kier molecular flexibility index (Phi) is 13.5. The highest BCUT2D eigenvalue weighted by Crippen LogP contribution is 2.17. The lowest BCUT2D eigenvalue weighted by atomic mass is 9.96. The Balaban J connectivity index is 3.02. The molecule has 5 amide bonds. The Hall–Kier alpha value is -3.15. The molecule has 1 saturated heterocycles. The fraction of sp³-hybridized carbons (Fsp3) is 0.708. The lowest BCUT2D eigenvalue weighted by Crippen LogP contribution is -2.59. The Morgan fingerprint density at radius 1 is 1.11 bits per heavy atom. The van der Waals surface area contributed by atoms with Crippen LogP contribution in [0.25, 0.3) is 0 Å². The molecular formula is C24H41N5O7. The van der Waals surface area contributed by atoms with Gasteiger partial charge in [0.15, 0.2) is 0 Å². The third kappa shape index (κ3) is 11.1. The molecule has 0 aromatic rings. The summed E-state index contributed by atoms with van der Waals surface area (Å²) in [6.45, 7) is 9.57. The van der Waals surface area contributed by atoms with Crippen LogP contribution in [0.5, 0.6) is 0 Å². The summed E-state index contributed by atoms with van der Waals surface area (Å²) in [6.07, 6.45) is 2.62. The minimum atomic E-state index is -1.28. The molecule has 12 heteroatoms. The highest BCUT2D eigenvalue weighted by atomic mass is 16.5. The second-order valence-corrected chi connectivity index (χ2v) is 9.15. The van der Waals surface area contributed by atoms with Crippen LogP contribution in [0.4, 0.5) is 4.79 Å². The molecule has 5 atom stereocenters. The molecule has 1 aliphatic rings. The largest absolute Gasteiger partial charge is 0.463 e. The highest BCUT2D eigenvalue weighted by molar-refractivity contribution is 5.92. The van der Waals surface area contributed by atoms with Crippen molar-refractivity contribution >= 4 is 29.7 Å². The van der Waals surface area contributed by atoms with Crippen molar-refractivity contribution in [1.82, 2.24) is 26.6 Å². The standard InChI is InChI=1S/C24H41N5O7/c1-6-25-24(35)29-20(15(5)30)23(34)28-18(12-14(3)4)22(33)27-17(8-9-19(31)36-7-2)13-16-10-11-26-21(16)32/h8-9,14-18,20,30H,6-7,10-13H2,1-5H3,(H,26,32)(H,27,33)(H,28,34)(H2,25,29,35)/t15?,16-,17+,18-,20-/m0/s1. The predicted molar refractivity (Wildman–Crippen MR) is 133 cm³/mol. The van der Waals surface area contributed by atoms with Crippen LogP contribution in [0.15, 0.2) is 12.2 Å². The number of aliphatic hydroxyl groups excluding tert-OH is 1. The van der Waals surface area contributed by atoms with E-state index in [0.717, 1.165) is 0 Å². The van der Waals surface area contributed by atoms with Crippen LogP contribution in [-0.2, 0) is 23.9 Å². The lowest BCUT2D eigenvalue weighted by Gasteiger charge is -2.27. The Morgan fingerprint density at radius 2 is 1.81 bits per heavy atom. The van der Waals surface area contributed by atoms with Crippen LogP contribution >= 0.6 is 0 Å². The van der Waals surface area contributed by atoms with E-state index < -0.39 is 48.0 Å². The molecule has 0 radical (unpaired) electrons. The second kappa shape index (κ2) is 15.8. The molecule has 36 heavy (non-hydrogen) atoms. The minimum Gasteiger partial charge on any atom is -0.463 e. The van der Waals surface area contributed by atoms with Gasteiger partial charge in [-0.05, 0) is 46.0 Å². The zero-order valence-corrected chi connectivity index (χ0v) is 21.8. The van der Waals surface area contributed by atoms with Crippen molar-refractivity contribution in [2.75, 3.05) is 19.7 Å². The van der Waals surface area contributed by atoms with Gasteiger partial charge in [-0.25, -0.2) is 9.59 Å². The first kappa shape index (κ1) is 30.9. The molecule has 1 unspecified atom stereocenters. The summed E-state index contributed by atoms with van der Waals surface area (Å²) < 4.78 is 4.90. The number of amides is 5. The van der Waals surface area contributed by atoms with Crippen molar-refractivity contribution in [3.05, 3.63) is 12.2 Å². The molecule has 1 aliphatic heterocycles. The fourth-order valence-electron chi connectivity index (χ4n) is 3.75. The molecule has 0 saturated carbocycles. The topological polar surface area (TPSA) is 175 Å². The van der Waals surface area contributed by atoms with Crippen LogP contribution in [0.3, 0.4) is 0 Å². The molecule has 0 aromatic heterocycles. The number of esters is 1. The second-order valence-electron chi connectivity index (χ2n) is 9.15. The number of urea groups is 1. The van der Waals surface area contributed by atoms with Crippen LogP contribution in [0, 0.1) is 11.8 Å². The quantitative estimate of drug-likeness (QED) is 0.137. The van der Waals surface area contributed by atoms with Crippen molar-refractivity contribution in [3.8, 4) is 0 Å². The number of hydrogen-bond donors (Lipinski definition) is 6. The Bertz CT molecular complexity index is 800. The molecule has 1 fully saturated rings. The number of aliphatic hydroxyl groups is 1. The molecule has 1 heterocycles. The first-order valence-corrected chi connectivity index (χ1v) is 12.4. The third-order valence-electron chi connectivity index (χ3n) is 5.51. The summed E-state index contributed by atoms with van der Waals surface area (Å²) in [5, 5.41) is 23.1. The highest BCUT2D eigenvalue weighted by Gasteiger charge is 2.32. The van der Waals surface area contributed by atoms with Crippen molar-refractivity contribution in [2.24, 2.45) is 11.8 Å². The summed E-state index contributed by atoms with van der Waals surface area (Å²) in [4.78, 5) is 61.9. The van der Waals surface area contributed by atoms with E-state index in [1.807, 2.05) is 13.8 Å². The van der Waals surface area contributed by atoms with Crippen LogP contribution in [0.1, 0.15) is 53.9 Å². The van der Waals surface area contributed by atoms with Crippen molar-refractivity contribution in [1.29, 1.82) is 0 Å². The average Bonchev–Trinajstić information content (AvgIpc) is 3.19. The zero-order chi connectivity index (χ0) is 27.3. The lowest BCUT2D eigenvalue weighted by molar-refractivity contribution is -0.137. The molecular weight excluding hydrogens is 470 g/mol. The summed E-state index contributed by atoms with van der Waals surface area (Å²) in [5.74, 6) is -2.24. The van der Waals surface area contributed by atoms with Crippen LogP contribution in [0.2, 0.25) is 0 Å². The predicted octanol–water partition coefficient (Wildman–Crippen LogP) is -0.284. The van der Waals surface area contributed by atoms with Gasteiger partial charge in [0, 0.05) is 31.1 Å². The fourth-order valence-corrected chi connectivity index (χ4v) is 3.75. The maximum atomic E-state index is 13.2. The van der Waals surface area contributed by atoms with Crippen molar-refractivity contribution in [3.63, 3.8) is 0 Å². The van der Waals surface area contributed by atoms with E-state index in [4.69, 9.17) is 4.74 Å². The number of carbonyl (C=O) groups excluding carboxylic acids is 5. The number of hydrogen-bond acceptors (Lipinski definition) is 7. The van der Waals surface area contributed by atoms with Crippen molar-refractivity contribution in [2.45, 2.75) is 78.1 Å². The van der Waals surface area contributed by atoms with Gasteiger partial charge in [-0.2, -0.15) is 0 Å². The third-order valence-corrected chi connectivity index (χ3v) is 5.51. The molecule has 0 bridgehead atoms. The van der Waals surface area contributed by atoms with Gasteiger partial charge in [0.05, 0.1) is 12.7 Å². The Morgan fingerprint density at radius 3 is 2.33 bits per heavy atom. The van der Waals surface area contributed by atoms with Gasteiger partial charge in [-0.3, -0.25) is 14.4 Å². The van der Waals surface area contributed by atoms with Gasteiger partial charge >= 0.3 is 12.0 Å². The zero-order valence-electron chi connectivity index (χ0n) is 21.8. The van der Waals surface area contributed by atoms with E-state index in [0.29, 0.717) is 19.5 Å². The summed E-state index contributed by atoms with van der Waals surface area (Å²) in [5.41, 5.74) is 0. The van der Waals surface area contributed by atoms with E-state index in [2.05, 4.69) is 26.6 Å². The van der Waals surface area contributed by atoms with Gasteiger partial charge < -0.3 is 36.4 Å². The first-order valence-electron chi connectivity index (χ1n) is 12.4. The maximum Gasteiger partial charge on any atom is 0.330 e. The minimum absolute atomic E-state index is 0.0246. The molecule has 6 N–H and O–H groups in total. The van der Waals surface area contributed by atoms with Gasteiger partial charge in [0.1, 0.15) is 12.1 Å². The number of carbonyl (C=O) groups is 5. The number of rotatable bonds is 14. The van der Waals surface area contributed by atoms with E-state index in [1.54, 1.807) is 13.8 Å². The molecule has 0 spiro atoms. The summed E-state index contributed by atoms with van der Waals surface area (Å²) >= 11 is 0. The van der Waals surface area contributed by atoms with E-state index in [1.165, 1.54) is 19.1 Å². The van der Waals surface area contributed by atoms with Gasteiger partial charge in [-0.15, -0.1) is 0 Å². The average molecular weight is 512 g/mol. The SMILES string of the molecule is CCNC(=O)N[C@H](C(=O)N[C@@H](CC(C)C)C(=O)N[C@H](C=CC(=O)OCC)C[C@@H]1CCNC1=O)C(C)O. The Labute approximate surface area is 212 Å². The first-order chi connectivity index (χ1) is 17.0. The van der Waals surface area contributed by atoms with Gasteiger partial charge in [0.2, 0.25) is 17.7 Å². The monoisotopic (exact) mass is 511 g/mol. The van der Waals surface area contributed by atoms with Crippen LogP contribution < -0.4 is 26.6 Å². The van der Waals surface area contributed by atoms with Gasteiger partial charge in [0.25, 0.3) is 0 Å². The summed E-state index contributed by atoms with van der Waals surface area (Å²) in [6, 6.07) is -3.54. The number of ether oxygens (including phenoxy) is 1.